The molecule has 3 heteroatoms. The van der Waals surface area contributed by atoms with E-state index < -0.39 is 5.97 Å². The summed E-state index contributed by atoms with van der Waals surface area (Å²) < 4.78 is 0. The van der Waals surface area contributed by atoms with Gasteiger partial charge in [0.1, 0.15) is 5.75 Å². The van der Waals surface area contributed by atoms with Crippen molar-refractivity contribution in [3.8, 4) is 16.9 Å². The fraction of sp³-hybridized carbons (Fsp3) is 0.133. The van der Waals surface area contributed by atoms with Gasteiger partial charge in [-0.2, -0.15) is 0 Å². The lowest BCUT2D eigenvalue weighted by atomic mass is 10.0. The predicted molar refractivity (Wildman–Crippen MR) is 69.9 cm³/mol. The van der Waals surface area contributed by atoms with Gasteiger partial charge in [0.05, 0.1) is 5.56 Å². The molecule has 0 bridgehead atoms. The van der Waals surface area contributed by atoms with E-state index >= 15 is 0 Å². The minimum absolute atomic E-state index is 0.0375. The maximum absolute atomic E-state index is 10.9. The highest BCUT2D eigenvalue weighted by Crippen LogP contribution is 2.26. The highest BCUT2D eigenvalue weighted by Gasteiger charge is 2.07. The zero-order chi connectivity index (χ0) is 13.1. The lowest BCUT2D eigenvalue weighted by Crippen LogP contribution is -1.96. The first-order valence-corrected chi connectivity index (χ1v) is 5.77. The molecule has 0 amide bonds. The predicted octanol–water partition coefficient (Wildman–Crippen LogP) is 3.32. The maximum Gasteiger partial charge on any atom is 0.335 e. The molecule has 0 radical (unpaired) electrons. The molecule has 2 N–H and O–H groups in total. The van der Waals surface area contributed by atoms with Crippen molar-refractivity contribution < 1.29 is 15.0 Å². The number of aromatic hydroxyl groups is 1. The lowest BCUT2D eigenvalue weighted by molar-refractivity contribution is 0.0696. The maximum atomic E-state index is 10.9. The standard InChI is InChI=1S/C15H14O3/c1-2-10-3-5-11(6-4-10)12-7-13(15(17)18)9-14(16)8-12/h3-9,16H,2H2,1H3,(H,17,18). The second-order valence-electron chi connectivity index (χ2n) is 4.12. The minimum Gasteiger partial charge on any atom is -0.508 e. The third-order valence-electron chi connectivity index (χ3n) is 2.86. The molecule has 0 fully saturated rings. The Morgan fingerprint density at radius 3 is 2.28 bits per heavy atom. The third kappa shape index (κ3) is 2.51. The van der Waals surface area contributed by atoms with Gasteiger partial charge in [0.2, 0.25) is 0 Å². The first kappa shape index (κ1) is 12.2. The van der Waals surface area contributed by atoms with Gasteiger partial charge in [-0.3, -0.25) is 0 Å². The van der Waals surface area contributed by atoms with Crippen LogP contribution in [0, 0.1) is 0 Å². The number of hydrogen-bond acceptors (Lipinski definition) is 2. The van der Waals surface area contributed by atoms with Crippen molar-refractivity contribution in [2.24, 2.45) is 0 Å². The summed E-state index contributed by atoms with van der Waals surface area (Å²) in [6.45, 7) is 2.08. The van der Waals surface area contributed by atoms with E-state index in [1.807, 2.05) is 24.3 Å². The van der Waals surface area contributed by atoms with Gasteiger partial charge >= 0.3 is 5.97 Å². The topological polar surface area (TPSA) is 57.5 Å². The Bertz CT molecular complexity index is 571. The molecule has 0 aliphatic rings. The number of carbonyl (C=O) groups is 1. The first-order valence-electron chi connectivity index (χ1n) is 5.77. The average molecular weight is 242 g/mol. The number of carboxylic acids is 1. The Hall–Kier alpha value is -2.29. The van der Waals surface area contributed by atoms with Crippen LogP contribution >= 0.6 is 0 Å². The number of benzene rings is 2. The van der Waals surface area contributed by atoms with E-state index in [1.54, 1.807) is 12.1 Å². The monoisotopic (exact) mass is 242 g/mol. The molecule has 0 atom stereocenters. The van der Waals surface area contributed by atoms with Crippen LogP contribution in [0.25, 0.3) is 11.1 Å². The van der Waals surface area contributed by atoms with Crippen LogP contribution < -0.4 is 0 Å². The molecule has 0 saturated carbocycles. The van der Waals surface area contributed by atoms with Crippen LogP contribution in [0.5, 0.6) is 5.75 Å². The minimum atomic E-state index is -1.04. The second kappa shape index (κ2) is 4.92. The van der Waals surface area contributed by atoms with E-state index in [9.17, 15) is 9.90 Å². The van der Waals surface area contributed by atoms with Crippen molar-refractivity contribution in [2.45, 2.75) is 13.3 Å². The summed E-state index contributed by atoms with van der Waals surface area (Å²) in [6, 6.07) is 12.2. The number of phenolic OH excluding ortho intramolecular Hbond substituents is 1. The molecule has 2 aromatic carbocycles. The molecule has 0 aliphatic carbocycles. The van der Waals surface area contributed by atoms with Gasteiger partial charge in [0.15, 0.2) is 0 Å². The fourth-order valence-corrected chi connectivity index (χ4v) is 1.83. The molecular formula is C15H14O3. The molecule has 0 saturated heterocycles. The quantitative estimate of drug-likeness (QED) is 0.868. The Balaban J connectivity index is 2.46. The summed E-state index contributed by atoms with van der Waals surface area (Å²) in [6.07, 6.45) is 0.959. The van der Waals surface area contributed by atoms with Crippen LogP contribution in [0.4, 0.5) is 0 Å². The Kier molecular flexibility index (Phi) is 3.33. The van der Waals surface area contributed by atoms with Crippen molar-refractivity contribution in [1.29, 1.82) is 0 Å². The lowest BCUT2D eigenvalue weighted by Gasteiger charge is -2.05. The Labute approximate surface area is 105 Å². The van der Waals surface area contributed by atoms with Crippen LogP contribution in [0.3, 0.4) is 0 Å². The van der Waals surface area contributed by atoms with Gasteiger partial charge in [0, 0.05) is 0 Å². The molecule has 0 spiro atoms. The molecule has 0 heterocycles. The van der Waals surface area contributed by atoms with Gasteiger partial charge in [-0.15, -0.1) is 0 Å². The van der Waals surface area contributed by atoms with Crippen LogP contribution in [-0.2, 0) is 6.42 Å². The SMILES string of the molecule is CCc1ccc(-c2cc(O)cc(C(=O)O)c2)cc1. The van der Waals surface area contributed by atoms with Crippen molar-refractivity contribution in [2.75, 3.05) is 0 Å². The van der Waals surface area contributed by atoms with Crippen molar-refractivity contribution in [3.05, 3.63) is 53.6 Å². The highest BCUT2D eigenvalue weighted by molar-refractivity contribution is 5.90. The molecule has 0 unspecified atom stereocenters. The average Bonchev–Trinajstić information content (AvgIpc) is 2.38. The number of aromatic carboxylic acids is 1. The largest absolute Gasteiger partial charge is 0.508 e. The molecular weight excluding hydrogens is 228 g/mol. The molecule has 18 heavy (non-hydrogen) atoms. The van der Waals surface area contributed by atoms with E-state index in [4.69, 9.17) is 5.11 Å². The summed E-state index contributed by atoms with van der Waals surface area (Å²) >= 11 is 0. The molecule has 0 aliphatic heterocycles. The highest BCUT2D eigenvalue weighted by atomic mass is 16.4. The van der Waals surface area contributed by atoms with Crippen molar-refractivity contribution in [3.63, 3.8) is 0 Å². The molecule has 2 rings (SSSR count). The normalized spacial score (nSPS) is 10.3. The number of phenols is 1. The number of aryl methyl sites for hydroxylation is 1. The summed E-state index contributed by atoms with van der Waals surface area (Å²) in [7, 11) is 0. The summed E-state index contributed by atoms with van der Waals surface area (Å²) in [5.74, 6) is -1.08. The number of rotatable bonds is 3. The summed E-state index contributed by atoms with van der Waals surface area (Å²) in [4.78, 5) is 10.9. The van der Waals surface area contributed by atoms with E-state index in [2.05, 4.69) is 6.92 Å². The van der Waals surface area contributed by atoms with Gasteiger partial charge in [0.25, 0.3) is 0 Å². The molecule has 2 aromatic rings. The number of carboxylic acid groups (broad SMARTS) is 1. The van der Waals surface area contributed by atoms with E-state index in [0.29, 0.717) is 5.56 Å². The Morgan fingerprint density at radius 2 is 1.72 bits per heavy atom. The van der Waals surface area contributed by atoms with Gasteiger partial charge in [-0.25, -0.2) is 4.79 Å². The summed E-state index contributed by atoms with van der Waals surface area (Å²) in [5.41, 5.74) is 2.91. The van der Waals surface area contributed by atoms with Crippen molar-refractivity contribution in [1.82, 2.24) is 0 Å². The van der Waals surface area contributed by atoms with Crippen LogP contribution in [0.2, 0.25) is 0 Å². The van der Waals surface area contributed by atoms with E-state index in [-0.39, 0.29) is 11.3 Å². The van der Waals surface area contributed by atoms with Crippen LogP contribution in [0.15, 0.2) is 42.5 Å². The fourth-order valence-electron chi connectivity index (χ4n) is 1.83. The zero-order valence-electron chi connectivity index (χ0n) is 10.1. The number of hydrogen-bond donors (Lipinski definition) is 2. The Morgan fingerprint density at radius 1 is 1.06 bits per heavy atom. The summed E-state index contributed by atoms with van der Waals surface area (Å²) in [5, 5.41) is 18.5. The van der Waals surface area contributed by atoms with Gasteiger partial charge < -0.3 is 10.2 Å². The van der Waals surface area contributed by atoms with Crippen LogP contribution in [-0.4, -0.2) is 16.2 Å². The first-order chi connectivity index (χ1) is 8.60. The second-order valence-corrected chi connectivity index (χ2v) is 4.12. The zero-order valence-corrected chi connectivity index (χ0v) is 10.1. The molecule has 3 nitrogen and oxygen atoms in total. The van der Waals surface area contributed by atoms with E-state index in [0.717, 1.165) is 12.0 Å². The third-order valence-corrected chi connectivity index (χ3v) is 2.86. The van der Waals surface area contributed by atoms with E-state index in [1.165, 1.54) is 11.6 Å². The van der Waals surface area contributed by atoms with Crippen LogP contribution in [0.1, 0.15) is 22.8 Å². The van der Waals surface area contributed by atoms with Gasteiger partial charge in [-0.05, 0) is 41.3 Å². The van der Waals surface area contributed by atoms with Crippen molar-refractivity contribution >= 4 is 5.97 Å². The molecule has 92 valence electrons. The smallest absolute Gasteiger partial charge is 0.335 e. The van der Waals surface area contributed by atoms with Gasteiger partial charge in [-0.1, -0.05) is 31.2 Å². The molecule has 0 aromatic heterocycles.